The zero-order chi connectivity index (χ0) is 9.26. The maximum absolute atomic E-state index is 5.98. The molecule has 4 heteroatoms. The van der Waals surface area contributed by atoms with Crippen LogP contribution in [0.3, 0.4) is 0 Å². The van der Waals surface area contributed by atoms with Crippen molar-refractivity contribution in [2.75, 3.05) is 13.1 Å². The minimum absolute atomic E-state index is 0.215. The second-order valence-electron chi connectivity index (χ2n) is 3.50. The lowest BCUT2D eigenvalue weighted by Crippen LogP contribution is -2.29. The van der Waals surface area contributed by atoms with E-state index in [2.05, 4.69) is 21.8 Å². The Labute approximate surface area is 78.1 Å². The van der Waals surface area contributed by atoms with Gasteiger partial charge in [-0.3, -0.25) is 0 Å². The van der Waals surface area contributed by atoms with Gasteiger partial charge in [0.1, 0.15) is 5.82 Å². The molecule has 1 aliphatic rings. The Morgan fingerprint density at radius 2 is 2.54 bits per heavy atom. The van der Waals surface area contributed by atoms with E-state index in [1.165, 1.54) is 0 Å². The van der Waals surface area contributed by atoms with Crippen LogP contribution in [-0.4, -0.2) is 28.7 Å². The number of nitrogens with one attached hydrogen (secondary N) is 1. The molecule has 0 amide bonds. The molecule has 3 N–H and O–H groups in total. The summed E-state index contributed by atoms with van der Waals surface area (Å²) in [4.78, 5) is 4.36. The van der Waals surface area contributed by atoms with Gasteiger partial charge in [-0.1, -0.05) is 0 Å². The molecule has 0 aliphatic carbocycles. The summed E-state index contributed by atoms with van der Waals surface area (Å²) in [5.41, 5.74) is 5.98. The first kappa shape index (κ1) is 8.72. The van der Waals surface area contributed by atoms with Crippen LogP contribution < -0.4 is 11.1 Å². The van der Waals surface area contributed by atoms with Gasteiger partial charge in [-0.15, -0.1) is 0 Å². The van der Waals surface area contributed by atoms with Crippen molar-refractivity contribution in [3.8, 4) is 0 Å². The molecule has 0 radical (unpaired) electrons. The zero-order valence-corrected chi connectivity index (χ0v) is 7.90. The van der Waals surface area contributed by atoms with Crippen LogP contribution in [0.2, 0.25) is 0 Å². The van der Waals surface area contributed by atoms with Gasteiger partial charge < -0.3 is 15.6 Å². The highest BCUT2D eigenvalue weighted by atomic mass is 15.1. The van der Waals surface area contributed by atoms with Crippen molar-refractivity contribution < 1.29 is 0 Å². The number of nitrogens with zero attached hydrogens (tertiary/aromatic N) is 2. The Morgan fingerprint density at radius 3 is 3.15 bits per heavy atom. The normalized spacial score (nSPS) is 28.2. The van der Waals surface area contributed by atoms with Gasteiger partial charge in [0.25, 0.3) is 0 Å². The van der Waals surface area contributed by atoms with Gasteiger partial charge >= 0.3 is 0 Å². The quantitative estimate of drug-likeness (QED) is 0.669. The number of hydrogen-bond donors (Lipinski definition) is 2. The van der Waals surface area contributed by atoms with Gasteiger partial charge in [-0.05, 0) is 6.92 Å². The van der Waals surface area contributed by atoms with E-state index in [9.17, 15) is 0 Å². The maximum atomic E-state index is 5.98. The van der Waals surface area contributed by atoms with Crippen LogP contribution in [0.25, 0.3) is 0 Å². The summed E-state index contributed by atoms with van der Waals surface area (Å²) in [5, 5.41) is 3.28. The number of aromatic nitrogens is 2. The van der Waals surface area contributed by atoms with Gasteiger partial charge in [0.15, 0.2) is 0 Å². The van der Waals surface area contributed by atoms with Gasteiger partial charge in [-0.2, -0.15) is 0 Å². The molecule has 0 spiro atoms. The third kappa shape index (κ3) is 1.47. The molecule has 2 unspecified atom stereocenters. The van der Waals surface area contributed by atoms with Crippen molar-refractivity contribution in [3.05, 3.63) is 18.2 Å². The number of imidazole rings is 1. The molecule has 1 fully saturated rings. The van der Waals surface area contributed by atoms with Crippen LogP contribution in [0.1, 0.15) is 18.7 Å². The minimum Gasteiger partial charge on any atom is -0.335 e. The van der Waals surface area contributed by atoms with E-state index in [1.807, 2.05) is 12.4 Å². The molecule has 1 saturated heterocycles. The van der Waals surface area contributed by atoms with Crippen LogP contribution in [0.15, 0.2) is 12.4 Å². The summed E-state index contributed by atoms with van der Waals surface area (Å²) >= 11 is 0. The van der Waals surface area contributed by atoms with Crippen LogP contribution in [-0.2, 0) is 6.54 Å². The third-order valence-corrected chi connectivity index (χ3v) is 2.68. The van der Waals surface area contributed by atoms with Crippen LogP contribution >= 0.6 is 0 Å². The molecule has 1 aliphatic heterocycles. The van der Waals surface area contributed by atoms with E-state index >= 15 is 0 Å². The fourth-order valence-electron chi connectivity index (χ4n) is 1.90. The van der Waals surface area contributed by atoms with Crippen molar-refractivity contribution in [2.45, 2.75) is 25.4 Å². The van der Waals surface area contributed by atoms with E-state index in [-0.39, 0.29) is 6.04 Å². The number of rotatable bonds is 2. The molecule has 2 rings (SSSR count). The second-order valence-corrected chi connectivity index (χ2v) is 3.50. The largest absolute Gasteiger partial charge is 0.335 e. The third-order valence-electron chi connectivity index (χ3n) is 2.68. The number of aryl methyl sites for hydroxylation is 1. The second kappa shape index (κ2) is 3.47. The smallest absolute Gasteiger partial charge is 0.114 e. The molecular formula is C9H16N4. The summed E-state index contributed by atoms with van der Waals surface area (Å²) in [6.07, 6.45) is 3.87. The zero-order valence-electron chi connectivity index (χ0n) is 7.90. The molecule has 1 aromatic heterocycles. The first-order chi connectivity index (χ1) is 6.33. The lowest BCUT2D eigenvalue weighted by atomic mass is 10.0. The van der Waals surface area contributed by atoms with Crippen molar-refractivity contribution in [1.82, 2.24) is 14.9 Å². The van der Waals surface area contributed by atoms with E-state index < -0.39 is 0 Å². The van der Waals surface area contributed by atoms with E-state index in [1.54, 1.807) is 0 Å². The Morgan fingerprint density at radius 1 is 1.69 bits per heavy atom. The molecule has 4 nitrogen and oxygen atoms in total. The van der Waals surface area contributed by atoms with Crippen LogP contribution in [0.5, 0.6) is 0 Å². The summed E-state index contributed by atoms with van der Waals surface area (Å²) in [7, 11) is 0. The number of hydrogen-bond acceptors (Lipinski definition) is 3. The van der Waals surface area contributed by atoms with E-state index in [4.69, 9.17) is 5.73 Å². The van der Waals surface area contributed by atoms with Gasteiger partial charge in [0.05, 0.1) is 0 Å². The standard InChI is InChI=1S/C9H16N4/c1-2-13-4-3-12-9(13)7-5-11-6-8(7)10/h3-4,7-8,11H,2,5-6,10H2,1H3. The monoisotopic (exact) mass is 180 g/mol. The summed E-state index contributed by atoms with van der Waals surface area (Å²) in [6, 6.07) is 0.215. The van der Waals surface area contributed by atoms with Crippen LogP contribution in [0, 0.1) is 0 Å². The average molecular weight is 180 g/mol. The molecular weight excluding hydrogens is 164 g/mol. The van der Waals surface area contributed by atoms with Crippen molar-refractivity contribution >= 4 is 0 Å². The highest BCUT2D eigenvalue weighted by Crippen LogP contribution is 2.19. The molecule has 72 valence electrons. The molecule has 2 atom stereocenters. The molecule has 0 saturated carbocycles. The fourth-order valence-corrected chi connectivity index (χ4v) is 1.90. The fraction of sp³-hybridized carbons (Fsp3) is 0.667. The van der Waals surface area contributed by atoms with E-state index in [0.717, 1.165) is 25.5 Å². The van der Waals surface area contributed by atoms with E-state index in [0.29, 0.717) is 5.92 Å². The Hall–Kier alpha value is -0.870. The molecule has 1 aromatic rings. The van der Waals surface area contributed by atoms with Crippen molar-refractivity contribution in [3.63, 3.8) is 0 Å². The Bertz CT molecular complexity index is 281. The van der Waals surface area contributed by atoms with Crippen molar-refractivity contribution in [1.29, 1.82) is 0 Å². The van der Waals surface area contributed by atoms with Gasteiger partial charge in [0.2, 0.25) is 0 Å². The molecule has 13 heavy (non-hydrogen) atoms. The summed E-state index contributed by atoms with van der Waals surface area (Å²) in [5.74, 6) is 1.51. The van der Waals surface area contributed by atoms with Crippen LogP contribution in [0.4, 0.5) is 0 Å². The predicted molar refractivity (Wildman–Crippen MR) is 51.5 cm³/mol. The lowest BCUT2D eigenvalue weighted by Gasteiger charge is -2.14. The first-order valence-electron chi connectivity index (χ1n) is 4.80. The summed E-state index contributed by atoms with van der Waals surface area (Å²) < 4.78 is 2.16. The maximum Gasteiger partial charge on any atom is 0.114 e. The SMILES string of the molecule is CCn1ccnc1C1CNCC1N. The Kier molecular flexibility index (Phi) is 2.33. The highest BCUT2D eigenvalue weighted by Gasteiger charge is 2.28. The first-order valence-corrected chi connectivity index (χ1v) is 4.80. The van der Waals surface area contributed by atoms with Gasteiger partial charge in [-0.25, -0.2) is 4.98 Å². The molecule has 0 aromatic carbocycles. The topological polar surface area (TPSA) is 55.9 Å². The van der Waals surface area contributed by atoms with Crippen molar-refractivity contribution in [2.24, 2.45) is 5.73 Å². The lowest BCUT2D eigenvalue weighted by molar-refractivity contribution is 0.572. The number of nitrogens with two attached hydrogens (primary N) is 1. The van der Waals surface area contributed by atoms with Gasteiger partial charge in [0, 0.05) is 44.0 Å². The summed E-state index contributed by atoms with van der Waals surface area (Å²) in [6.45, 7) is 4.96. The Balaban J connectivity index is 2.23. The highest BCUT2D eigenvalue weighted by molar-refractivity contribution is 5.08. The minimum atomic E-state index is 0.215. The average Bonchev–Trinajstić information content (AvgIpc) is 2.71. The predicted octanol–water partition coefficient (Wildman–Crippen LogP) is -0.0829. The molecule has 2 heterocycles. The molecule has 0 bridgehead atoms.